The van der Waals surface area contributed by atoms with Gasteiger partial charge >= 0.3 is 5.97 Å². The highest BCUT2D eigenvalue weighted by Gasteiger charge is 2.22. The summed E-state index contributed by atoms with van der Waals surface area (Å²) < 4.78 is 0. The summed E-state index contributed by atoms with van der Waals surface area (Å²) in [5.74, 6) is -0.233. The molecule has 4 nitrogen and oxygen atoms in total. The highest BCUT2D eigenvalue weighted by atomic mass is 16.4. The molecule has 18 heavy (non-hydrogen) atoms. The summed E-state index contributed by atoms with van der Waals surface area (Å²) >= 11 is 0. The number of anilines is 1. The Hall–Kier alpha value is -1.55. The van der Waals surface area contributed by atoms with Crippen molar-refractivity contribution in [2.75, 3.05) is 38.6 Å². The number of carbonyl (C=O) groups is 1. The quantitative estimate of drug-likeness (QED) is 0.882. The Morgan fingerprint density at radius 1 is 1.50 bits per heavy atom. The zero-order valence-corrected chi connectivity index (χ0v) is 11.0. The lowest BCUT2D eigenvalue weighted by Gasteiger charge is -2.24. The first-order valence-corrected chi connectivity index (χ1v) is 6.30. The number of hydrogen-bond donors (Lipinski definition) is 1. The Kier molecular flexibility index (Phi) is 3.87. The standard InChI is InChI=1S/C14H20N2O2/c1-15-8-7-11(9-15)10-16(2)13-6-4-3-5-12(13)14(17)18/h3-6,11H,7-10H2,1-2H3,(H,17,18). The highest BCUT2D eigenvalue weighted by molar-refractivity contribution is 5.94. The lowest BCUT2D eigenvalue weighted by molar-refractivity contribution is 0.0697. The molecule has 0 aromatic heterocycles. The Morgan fingerprint density at radius 2 is 2.22 bits per heavy atom. The molecule has 98 valence electrons. The fourth-order valence-electron chi connectivity index (χ4n) is 2.65. The Bertz CT molecular complexity index is 434. The molecule has 1 atom stereocenters. The molecular formula is C14H20N2O2. The molecule has 0 bridgehead atoms. The van der Waals surface area contributed by atoms with Crippen molar-refractivity contribution in [3.8, 4) is 0 Å². The molecule has 1 aliphatic rings. The predicted octanol–water partition coefficient (Wildman–Crippen LogP) is 1.77. The fourth-order valence-corrected chi connectivity index (χ4v) is 2.65. The van der Waals surface area contributed by atoms with Crippen LogP contribution in [0.1, 0.15) is 16.8 Å². The average molecular weight is 248 g/mol. The molecule has 1 aromatic carbocycles. The van der Waals surface area contributed by atoms with Crippen LogP contribution in [0.15, 0.2) is 24.3 Å². The van der Waals surface area contributed by atoms with Gasteiger partial charge in [-0.25, -0.2) is 4.79 Å². The van der Waals surface area contributed by atoms with Gasteiger partial charge in [0.1, 0.15) is 0 Å². The van der Waals surface area contributed by atoms with E-state index in [1.807, 2.05) is 19.2 Å². The molecule has 1 unspecified atom stereocenters. The second kappa shape index (κ2) is 5.40. The monoisotopic (exact) mass is 248 g/mol. The van der Waals surface area contributed by atoms with Crippen LogP contribution in [0, 0.1) is 5.92 Å². The van der Waals surface area contributed by atoms with E-state index >= 15 is 0 Å². The molecule has 1 aromatic rings. The van der Waals surface area contributed by atoms with Gasteiger partial charge in [0, 0.05) is 20.1 Å². The van der Waals surface area contributed by atoms with E-state index in [2.05, 4.69) is 16.8 Å². The SMILES string of the molecule is CN1CCC(CN(C)c2ccccc2C(=O)O)C1. The summed E-state index contributed by atoms with van der Waals surface area (Å²) in [5.41, 5.74) is 1.19. The minimum absolute atomic E-state index is 0.381. The van der Waals surface area contributed by atoms with Crippen molar-refractivity contribution in [1.82, 2.24) is 4.90 Å². The number of para-hydroxylation sites is 1. The third kappa shape index (κ3) is 2.82. The number of carboxylic acid groups (broad SMARTS) is 1. The molecule has 0 saturated carbocycles. The summed E-state index contributed by atoms with van der Waals surface area (Å²) in [6, 6.07) is 7.19. The van der Waals surface area contributed by atoms with Gasteiger partial charge in [0.2, 0.25) is 0 Å². The maximum Gasteiger partial charge on any atom is 0.337 e. The van der Waals surface area contributed by atoms with Gasteiger partial charge < -0.3 is 14.9 Å². The van der Waals surface area contributed by atoms with Crippen LogP contribution in [-0.4, -0.2) is 49.7 Å². The van der Waals surface area contributed by atoms with Crippen molar-refractivity contribution in [3.05, 3.63) is 29.8 Å². The van der Waals surface area contributed by atoms with E-state index in [0.29, 0.717) is 11.5 Å². The predicted molar refractivity (Wildman–Crippen MR) is 72.3 cm³/mol. The lowest BCUT2D eigenvalue weighted by Crippen LogP contribution is -2.28. The van der Waals surface area contributed by atoms with Crippen molar-refractivity contribution in [2.45, 2.75) is 6.42 Å². The molecule has 1 N–H and O–H groups in total. The summed E-state index contributed by atoms with van der Waals surface area (Å²) in [5, 5.41) is 9.18. The van der Waals surface area contributed by atoms with E-state index in [-0.39, 0.29) is 0 Å². The number of rotatable bonds is 4. The van der Waals surface area contributed by atoms with Crippen LogP contribution in [0.25, 0.3) is 0 Å². The Balaban J connectivity index is 2.09. The van der Waals surface area contributed by atoms with Crippen molar-refractivity contribution in [2.24, 2.45) is 5.92 Å². The molecule has 1 fully saturated rings. The fraction of sp³-hybridized carbons (Fsp3) is 0.500. The first kappa shape index (κ1) is 12.9. The van der Waals surface area contributed by atoms with Crippen LogP contribution in [0.4, 0.5) is 5.69 Å². The summed E-state index contributed by atoms with van der Waals surface area (Å²) in [7, 11) is 4.10. The molecular weight excluding hydrogens is 228 g/mol. The van der Waals surface area contributed by atoms with Crippen LogP contribution < -0.4 is 4.90 Å². The van der Waals surface area contributed by atoms with E-state index in [1.165, 1.54) is 6.42 Å². The Labute approximate surface area is 108 Å². The number of aromatic carboxylic acids is 1. The number of benzene rings is 1. The van der Waals surface area contributed by atoms with Crippen molar-refractivity contribution >= 4 is 11.7 Å². The number of nitrogens with zero attached hydrogens (tertiary/aromatic N) is 2. The smallest absolute Gasteiger partial charge is 0.337 e. The third-order valence-electron chi connectivity index (χ3n) is 3.57. The van der Waals surface area contributed by atoms with Crippen LogP contribution >= 0.6 is 0 Å². The molecule has 4 heteroatoms. The topological polar surface area (TPSA) is 43.8 Å². The summed E-state index contributed by atoms with van der Waals surface area (Å²) in [6.45, 7) is 3.15. The maximum absolute atomic E-state index is 11.2. The Morgan fingerprint density at radius 3 is 2.83 bits per heavy atom. The van der Waals surface area contributed by atoms with Gasteiger partial charge in [-0.1, -0.05) is 12.1 Å². The van der Waals surface area contributed by atoms with E-state index in [1.54, 1.807) is 12.1 Å². The molecule has 1 heterocycles. The molecule has 0 radical (unpaired) electrons. The van der Waals surface area contributed by atoms with Crippen molar-refractivity contribution in [3.63, 3.8) is 0 Å². The third-order valence-corrected chi connectivity index (χ3v) is 3.57. The van der Waals surface area contributed by atoms with E-state index < -0.39 is 5.97 Å². The van der Waals surface area contributed by atoms with Crippen LogP contribution in [0.2, 0.25) is 0 Å². The van der Waals surface area contributed by atoms with Gasteiger partial charge in [-0.15, -0.1) is 0 Å². The highest BCUT2D eigenvalue weighted by Crippen LogP contribution is 2.22. The van der Waals surface area contributed by atoms with Gasteiger partial charge in [0.05, 0.1) is 11.3 Å². The second-order valence-electron chi connectivity index (χ2n) is 5.12. The maximum atomic E-state index is 11.2. The summed E-state index contributed by atoms with van der Waals surface area (Å²) in [6.07, 6.45) is 1.19. The second-order valence-corrected chi connectivity index (χ2v) is 5.12. The number of likely N-dealkylation sites (tertiary alicyclic amines) is 1. The normalized spacial score (nSPS) is 20.0. The zero-order valence-electron chi connectivity index (χ0n) is 11.0. The molecule has 1 saturated heterocycles. The van der Waals surface area contributed by atoms with Gasteiger partial charge in [-0.3, -0.25) is 0 Å². The van der Waals surface area contributed by atoms with Crippen molar-refractivity contribution < 1.29 is 9.90 Å². The molecule has 0 amide bonds. The zero-order chi connectivity index (χ0) is 13.1. The minimum Gasteiger partial charge on any atom is -0.478 e. The van der Waals surface area contributed by atoms with Gasteiger partial charge in [-0.2, -0.15) is 0 Å². The number of hydrogen-bond acceptors (Lipinski definition) is 3. The van der Waals surface area contributed by atoms with Crippen LogP contribution in [0.3, 0.4) is 0 Å². The molecule has 2 rings (SSSR count). The molecule has 0 aliphatic carbocycles. The lowest BCUT2D eigenvalue weighted by atomic mass is 10.1. The van der Waals surface area contributed by atoms with Gasteiger partial charge in [0.25, 0.3) is 0 Å². The first-order valence-electron chi connectivity index (χ1n) is 6.30. The van der Waals surface area contributed by atoms with E-state index in [4.69, 9.17) is 0 Å². The first-order chi connectivity index (χ1) is 8.58. The molecule has 0 spiro atoms. The average Bonchev–Trinajstić information content (AvgIpc) is 2.74. The van der Waals surface area contributed by atoms with E-state index in [0.717, 1.165) is 25.3 Å². The van der Waals surface area contributed by atoms with Gasteiger partial charge in [-0.05, 0) is 38.1 Å². The number of carboxylic acids is 1. The van der Waals surface area contributed by atoms with E-state index in [9.17, 15) is 9.90 Å². The van der Waals surface area contributed by atoms with Crippen molar-refractivity contribution in [1.29, 1.82) is 0 Å². The van der Waals surface area contributed by atoms with Crippen LogP contribution in [0.5, 0.6) is 0 Å². The largest absolute Gasteiger partial charge is 0.478 e. The minimum atomic E-state index is -0.860. The van der Waals surface area contributed by atoms with Gasteiger partial charge in [0.15, 0.2) is 0 Å². The van der Waals surface area contributed by atoms with Crippen LogP contribution in [-0.2, 0) is 0 Å². The summed E-state index contributed by atoms with van der Waals surface area (Å²) in [4.78, 5) is 15.6. The molecule has 1 aliphatic heterocycles.